The zero-order chi connectivity index (χ0) is 20.6. The van der Waals surface area contributed by atoms with E-state index in [1.165, 1.54) is 37.1 Å². The molecule has 6 heteroatoms. The first kappa shape index (κ1) is 20.4. The molecule has 1 saturated carbocycles. The van der Waals surface area contributed by atoms with Crippen LogP contribution in [0.4, 0.5) is 0 Å². The van der Waals surface area contributed by atoms with E-state index in [1.807, 2.05) is 25.3 Å². The van der Waals surface area contributed by atoms with Crippen molar-refractivity contribution in [3.63, 3.8) is 0 Å². The summed E-state index contributed by atoms with van der Waals surface area (Å²) in [6.45, 7) is 5.05. The number of piperidine rings is 1. The molecule has 0 N–H and O–H groups in total. The van der Waals surface area contributed by atoms with Gasteiger partial charge < -0.3 is 9.64 Å². The Morgan fingerprint density at radius 1 is 1.27 bits per heavy atom. The van der Waals surface area contributed by atoms with Crippen LogP contribution in [0.5, 0.6) is 0 Å². The van der Waals surface area contributed by atoms with E-state index in [9.17, 15) is 4.79 Å². The lowest BCUT2D eigenvalue weighted by Crippen LogP contribution is -2.47. The molecule has 3 fully saturated rings. The predicted molar refractivity (Wildman–Crippen MR) is 121 cm³/mol. The Labute approximate surface area is 183 Å². The Morgan fingerprint density at radius 2 is 2.07 bits per heavy atom. The van der Waals surface area contributed by atoms with Gasteiger partial charge in [-0.05, 0) is 43.2 Å². The number of ether oxygens (including phenoxy) is 1. The van der Waals surface area contributed by atoms with Gasteiger partial charge in [-0.2, -0.15) is 0 Å². The number of carbonyl (C=O) groups excluding carboxylic acids is 1. The Morgan fingerprint density at radius 3 is 2.77 bits per heavy atom. The first-order chi connectivity index (χ1) is 14.7. The van der Waals surface area contributed by atoms with E-state index < -0.39 is 0 Å². The van der Waals surface area contributed by atoms with Crippen LogP contribution in [0, 0.1) is 11.3 Å². The number of aryl methyl sites for hydroxylation is 1. The van der Waals surface area contributed by atoms with Gasteiger partial charge in [0.25, 0.3) is 0 Å². The second-order valence-corrected chi connectivity index (χ2v) is 10.6. The molecular formula is C24H33N3O2S. The molecule has 1 unspecified atom stereocenters. The highest BCUT2D eigenvalue weighted by Gasteiger charge is 2.50. The van der Waals surface area contributed by atoms with E-state index >= 15 is 0 Å². The van der Waals surface area contributed by atoms with Crippen molar-refractivity contribution in [1.29, 1.82) is 0 Å². The molecule has 1 atom stereocenters. The van der Waals surface area contributed by atoms with Crippen LogP contribution in [0.15, 0.2) is 24.3 Å². The number of benzene rings is 1. The molecule has 162 valence electrons. The predicted octanol–water partition coefficient (Wildman–Crippen LogP) is 3.97. The van der Waals surface area contributed by atoms with Crippen molar-refractivity contribution >= 4 is 27.5 Å². The molecule has 1 aliphatic carbocycles. The summed E-state index contributed by atoms with van der Waals surface area (Å²) in [5.41, 5.74) is 1.39. The third-order valence-electron chi connectivity index (χ3n) is 7.80. The van der Waals surface area contributed by atoms with Crippen LogP contribution >= 0.6 is 11.3 Å². The number of likely N-dealkylation sites (tertiary alicyclic amines) is 2. The van der Waals surface area contributed by atoms with Crippen LogP contribution in [0.1, 0.15) is 43.5 Å². The van der Waals surface area contributed by atoms with Crippen molar-refractivity contribution in [3.8, 4) is 0 Å². The van der Waals surface area contributed by atoms with Crippen molar-refractivity contribution in [2.24, 2.45) is 11.3 Å². The van der Waals surface area contributed by atoms with Gasteiger partial charge in [0.1, 0.15) is 0 Å². The van der Waals surface area contributed by atoms with Crippen LogP contribution < -0.4 is 0 Å². The number of aromatic nitrogens is 1. The Hall–Kier alpha value is -1.50. The summed E-state index contributed by atoms with van der Waals surface area (Å²) in [6, 6.07) is 9.02. The molecule has 3 heterocycles. The number of amides is 1. The highest BCUT2D eigenvalue weighted by atomic mass is 32.1. The molecule has 1 amide bonds. The summed E-state index contributed by atoms with van der Waals surface area (Å²) in [5.74, 6) is 0.907. The molecule has 1 aromatic heterocycles. The first-order valence-corrected chi connectivity index (χ1v) is 12.3. The van der Waals surface area contributed by atoms with Crippen LogP contribution in [-0.4, -0.2) is 66.6 Å². The maximum atomic E-state index is 12.9. The second-order valence-electron chi connectivity index (χ2n) is 9.48. The SMILES string of the molecule is COCC1CN(C2CCC2)CC12CCN(C(=O)CCc1nc3ccccc3s1)CC2. The summed E-state index contributed by atoms with van der Waals surface area (Å²) >= 11 is 1.72. The van der Waals surface area contributed by atoms with Gasteiger partial charge in [-0.15, -0.1) is 11.3 Å². The van der Waals surface area contributed by atoms with Crippen LogP contribution in [0.2, 0.25) is 0 Å². The van der Waals surface area contributed by atoms with E-state index in [4.69, 9.17) is 4.74 Å². The van der Waals surface area contributed by atoms with Crippen molar-refractivity contribution in [3.05, 3.63) is 29.3 Å². The number of nitrogens with zero attached hydrogens (tertiary/aromatic N) is 3. The van der Waals surface area contributed by atoms with Gasteiger partial charge >= 0.3 is 0 Å². The van der Waals surface area contributed by atoms with E-state index in [-0.39, 0.29) is 0 Å². The van der Waals surface area contributed by atoms with Gasteiger partial charge in [0.05, 0.1) is 21.8 Å². The van der Waals surface area contributed by atoms with Gasteiger partial charge in [-0.3, -0.25) is 9.69 Å². The molecule has 2 aliphatic heterocycles. The Bertz CT molecular complexity index is 852. The molecule has 5 rings (SSSR count). The molecule has 0 bridgehead atoms. The lowest BCUT2D eigenvalue weighted by atomic mass is 9.71. The normalized spacial score (nSPS) is 24.6. The maximum Gasteiger partial charge on any atom is 0.222 e. The number of fused-ring (bicyclic) bond motifs is 1. The Kier molecular flexibility index (Phi) is 5.82. The molecule has 2 saturated heterocycles. The molecular weight excluding hydrogens is 394 g/mol. The number of hydrogen-bond acceptors (Lipinski definition) is 5. The number of para-hydroxylation sites is 1. The fourth-order valence-electron chi connectivity index (χ4n) is 5.70. The monoisotopic (exact) mass is 427 g/mol. The lowest BCUT2D eigenvalue weighted by molar-refractivity contribution is -0.134. The third-order valence-corrected chi connectivity index (χ3v) is 8.90. The maximum absolute atomic E-state index is 12.9. The number of rotatable bonds is 6. The molecule has 0 radical (unpaired) electrons. The lowest BCUT2D eigenvalue weighted by Gasteiger charge is -2.43. The minimum Gasteiger partial charge on any atom is -0.384 e. The fourth-order valence-corrected chi connectivity index (χ4v) is 6.67. The zero-order valence-corrected chi connectivity index (χ0v) is 18.8. The summed E-state index contributed by atoms with van der Waals surface area (Å²) in [4.78, 5) is 22.4. The number of methoxy groups -OCH3 is 1. The smallest absolute Gasteiger partial charge is 0.222 e. The van der Waals surface area contributed by atoms with Gasteiger partial charge in [0.15, 0.2) is 0 Å². The summed E-state index contributed by atoms with van der Waals surface area (Å²) in [7, 11) is 1.83. The molecule has 1 spiro atoms. The van der Waals surface area contributed by atoms with E-state index in [2.05, 4.69) is 20.9 Å². The van der Waals surface area contributed by atoms with Crippen LogP contribution in [-0.2, 0) is 16.0 Å². The Balaban J connectivity index is 1.16. The number of hydrogen-bond donors (Lipinski definition) is 0. The van der Waals surface area contributed by atoms with E-state index in [0.29, 0.717) is 23.7 Å². The largest absolute Gasteiger partial charge is 0.384 e. The standard InChI is InChI=1S/C24H33N3O2S/c1-29-16-18-15-27(19-5-4-6-19)17-24(18)11-13-26(14-12-24)23(28)10-9-22-25-20-7-2-3-8-21(20)30-22/h2-3,7-8,18-19H,4-6,9-17H2,1H3. The van der Waals surface area contributed by atoms with Crippen molar-refractivity contribution in [1.82, 2.24) is 14.8 Å². The average molecular weight is 428 g/mol. The molecule has 30 heavy (non-hydrogen) atoms. The molecule has 1 aromatic carbocycles. The zero-order valence-electron chi connectivity index (χ0n) is 18.0. The molecule has 3 aliphatic rings. The number of carbonyl (C=O) groups is 1. The van der Waals surface area contributed by atoms with E-state index in [0.717, 1.165) is 55.5 Å². The highest BCUT2D eigenvalue weighted by molar-refractivity contribution is 7.18. The van der Waals surface area contributed by atoms with E-state index in [1.54, 1.807) is 11.3 Å². The fraction of sp³-hybridized carbons (Fsp3) is 0.667. The third kappa shape index (κ3) is 3.90. The van der Waals surface area contributed by atoms with Crippen LogP contribution in [0.3, 0.4) is 0 Å². The van der Waals surface area contributed by atoms with Gasteiger partial charge in [0, 0.05) is 58.1 Å². The average Bonchev–Trinajstić information content (AvgIpc) is 3.27. The first-order valence-electron chi connectivity index (χ1n) is 11.5. The summed E-state index contributed by atoms with van der Waals surface area (Å²) in [6.07, 6.45) is 7.69. The topological polar surface area (TPSA) is 45.7 Å². The minimum atomic E-state index is 0.293. The molecule has 2 aromatic rings. The number of thiazole rings is 1. The van der Waals surface area contributed by atoms with Crippen LogP contribution in [0.25, 0.3) is 10.2 Å². The molecule has 5 nitrogen and oxygen atoms in total. The van der Waals surface area contributed by atoms with Gasteiger partial charge in [-0.25, -0.2) is 4.98 Å². The van der Waals surface area contributed by atoms with Crippen molar-refractivity contribution in [2.75, 3.05) is 39.9 Å². The quantitative estimate of drug-likeness (QED) is 0.700. The highest BCUT2D eigenvalue weighted by Crippen LogP contribution is 2.47. The minimum absolute atomic E-state index is 0.293. The summed E-state index contributed by atoms with van der Waals surface area (Å²) in [5, 5.41) is 1.07. The van der Waals surface area contributed by atoms with Crippen molar-refractivity contribution in [2.45, 2.75) is 51.0 Å². The van der Waals surface area contributed by atoms with Crippen molar-refractivity contribution < 1.29 is 9.53 Å². The van der Waals surface area contributed by atoms with Gasteiger partial charge in [-0.1, -0.05) is 18.6 Å². The second kappa shape index (κ2) is 8.56. The van der Waals surface area contributed by atoms with Gasteiger partial charge in [0.2, 0.25) is 5.91 Å². The summed E-state index contributed by atoms with van der Waals surface area (Å²) < 4.78 is 6.82.